The fraction of sp³-hybridized carbons (Fsp3) is 0.136. The summed E-state index contributed by atoms with van der Waals surface area (Å²) in [4.78, 5) is 12.3. The Morgan fingerprint density at radius 1 is 0.857 bits per heavy atom. The largest absolute Gasteiger partial charge is 0.497 e. The molecule has 0 unspecified atom stereocenters. The van der Waals surface area contributed by atoms with E-state index in [2.05, 4.69) is 5.32 Å². The lowest BCUT2D eigenvalue weighted by molar-refractivity contribution is 0.0947. The molecule has 0 saturated heterocycles. The van der Waals surface area contributed by atoms with Crippen LogP contribution in [0.25, 0.3) is 11.1 Å². The maximum absolute atomic E-state index is 14.5. The third-order valence-corrected chi connectivity index (χ3v) is 4.31. The lowest BCUT2D eigenvalue weighted by Crippen LogP contribution is -2.23. The molecule has 144 valence electrons. The van der Waals surface area contributed by atoms with Crippen molar-refractivity contribution in [3.8, 4) is 22.6 Å². The number of amides is 1. The number of carbonyl (C=O) groups is 1. The first-order valence-electron chi connectivity index (χ1n) is 8.56. The van der Waals surface area contributed by atoms with Gasteiger partial charge >= 0.3 is 0 Å². The van der Waals surface area contributed by atoms with Gasteiger partial charge in [-0.2, -0.15) is 0 Å². The molecule has 3 aromatic carbocycles. The lowest BCUT2D eigenvalue weighted by atomic mass is 10.0. The third kappa shape index (κ3) is 4.28. The second kappa shape index (κ2) is 8.52. The van der Waals surface area contributed by atoms with E-state index in [0.717, 1.165) is 5.56 Å². The summed E-state index contributed by atoms with van der Waals surface area (Å²) < 4.78 is 38.1. The maximum atomic E-state index is 14.5. The van der Waals surface area contributed by atoms with Crippen molar-refractivity contribution in [1.29, 1.82) is 0 Å². The summed E-state index contributed by atoms with van der Waals surface area (Å²) in [6.07, 6.45) is 0. The summed E-state index contributed by atoms with van der Waals surface area (Å²) in [5.41, 5.74) is 1.92. The standard InChI is InChI=1S/C22H19F2NO3/c1-27-17-7-4-15(5-8-17)16-6-9-18(19(23)12-16)22(26)25-13-14-3-10-21(28-2)20(24)11-14/h3-12H,13H2,1-2H3,(H,25,26). The minimum atomic E-state index is -0.633. The monoisotopic (exact) mass is 383 g/mol. The Morgan fingerprint density at radius 3 is 2.18 bits per heavy atom. The Bertz CT molecular complexity index is 988. The van der Waals surface area contributed by atoms with Gasteiger partial charge in [-0.15, -0.1) is 0 Å². The molecular weight excluding hydrogens is 364 g/mol. The Morgan fingerprint density at radius 2 is 1.57 bits per heavy atom. The second-order valence-corrected chi connectivity index (χ2v) is 6.07. The van der Waals surface area contributed by atoms with E-state index in [1.165, 1.54) is 31.4 Å². The highest BCUT2D eigenvalue weighted by atomic mass is 19.1. The van der Waals surface area contributed by atoms with E-state index in [1.807, 2.05) is 12.1 Å². The molecule has 4 nitrogen and oxygen atoms in total. The summed E-state index contributed by atoms with van der Waals surface area (Å²) in [5, 5.41) is 2.59. The predicted octanol–water partition coefficient (Wildman–Crippen LogP) is 4.58. The lowest BCUT2D eigenvalue weighted by Gasteiger charge is -2.09. The zero-order valence-electron chi connectivity index (χ0n) is 15.5. The van der Waals surface area contributed by atoms with Crippen molar-refractivity contribution in [2.75, 3.05) is 14.2 Å². The molecular formula is C22H19F2NO3. The van der Waals surface area contributed by atoms with Crippen LogP contribution in [0.15, 0.2) is 60.7 Å². The van der Waals surface area contributed by atoms with E-state index in [0.29, 0.717) is 16.9 Å². The van der Waals surface area contributed by atoms with Gasteiger partial charge in [0.2, 0.25) is 0 Å². The molecule has 0 radical (unpaired) electrons. The first kappa shape index (κ1) is 19.4. The third-order valence-electron chi connectivity index (χ3n) is 4.31. The van der Waals surface area contributed by atoms with Crippen LogP contribution in [0.2, 0.25) is 0 Å². The molecule has 0 spiro atoms. The first-order chi connectivity index (χ1) is 13.5. The molecule has 6 heteroatoms. The highest BCUT2D eigenvalue weighted by Gasteiger charge is 2.13. The molecule has 28 heavy (non-hydrogen) atoms. The van der Waals surface area contributed by atoms with Crippen molar-refractivity contribution in [1.82, 2.24) is 5.32 Å². The number of halogens is 2. The van der Waals surface area contributed by atoms with Gasteiger partial charge in [-0.25, -0.2) is 8.78 Å². The number of hydrogen-bond acceptors (Lipinski definition) is 3. The van der Waals surface area contributed by atoms with Gasteiger partial charge in [0.25, 0.3) is 5.91 Å². The maximum Gasteiger partial charge on any atom is 0.254 e. The first-order valence-corrected chi connectivity index (χ1v) is 8.56. The summed E-state index contributed by atoms with van der Waals surface area (Å²) in [6.45, 7) is 0.0689. The number of rotatable bonds is 6. The summed E-state index contributed by atoms with van der Waals surface area (Å²) in [6, 6.07) is 16.0. The van der Waals surface area contributed by atoms with Gasteiger partial charge < -0.3 is 14.8 Å². The molecule has 0 saturated carbocycles. The van der Waals surface area contributed by atoms with Crippen molar-refractivity contribution in [2.24, 2.45) is 0 Å². The molecule has 0 aliphatic rings. The van der Waals surface area contributed by atoms with Gasteiger partial charge in [-0.1, -0.05) is 24.3 Å². The van der Waals surface area contributed by atoms with Crippen LogP contribution in [0.4, 0.5) is 8.78 Å². The average Bonchev–Trinajstić information content (AvgIpc) is 2.72. The van der Waals surface area contributed by atoms with Crippen molar-refractivity contribution >= 4 is 5.91 Å². The number of nitrogens with one attached hydrogen (secondary N) is 1. The highest BCUT2D eigenvalue weighted by molar-refractivity contribution is 5.95. The molecule has 0 bridgehead atoms. The van der Waals surface area contributed by atoms with E-state index in [4.69, 9.17) is 9.47 Å². The molecule has 0 atom stereocenters. The van der Waals surface area contributed by atoms with Crippen LogP contribution in [-0.4, -0.2) is 20.1 Å². The minimum absolute atomic E-state index is 0.0689. The fourth-order valence-electron chi connectivity index (χ4n) is 2.76. The molecule has 0 heterocycles. The molecule has 1 N–H and O–H groups in total. The zero-order chi connectivity index (χ0) is 20.1. The quantitative estimate of drug-likeness (QED) is 0.678. The topological polar surface area (TPSA) is 47.6 Å². The molecule has 0 fully saturated rings. The van der Waals surface area contributed by atoms with Crippen LogP contribution in [0, 0.1) is 11.6 Å². The molecule has 0 aliphatic carbocycles. The van der Waals surface area contributed by atoms with Gasteiger partial charge in [0.15, 0.2) is 11.6 Å². The number of carbonyl (C=O) groups excluding carboxylic acids is 1. The number of hydrogen-bond donors (Lipinski definition) is 1. The van der Waals surface area contributed by atoms with Gasteiger partial charge in [0.05, 0.1) is 19.8 Å². The van der Waals surface area contributed by atoms with E-state index < -0.39 is 17.5 Å². The second-order valence-electron chi connectivity index (χ2n) is 6.07. The molecule has 1 amide bonds. The predicted molar refractivity (Wildman–Crippen MR) is 103 cm³/mol. The number of ether oxygens (including phenoxy) is 2. The van der Waals surface area contributed by atoms with Crippen molar-refractivity contribution in [2.45, 2.75) is 6.54 Å². The SMILES string of the molecule is COc1ccc(-c2ccc(C(=O)NCc3ccc(OC)c(F)c3)c(F)c2)cc1. The van der Waals surface area contributed by atoms with Gasteiger partial charge in [0, 0.05) is 6.54 Å². The zero-order valence-corrected chi connectivity index (χ0v) is 15.5. The molecule has 0 aliphatic heterocycles. The van der Waals surface area contributed by atoms with Gasteiger partial charge in [0.1, 0.15) is 11.6 Å². The molecule has 0 aromatic heterocycles. The van der Waals surface area contributed by atoms with E-state index in [-0.39, 0.29) is 17.9 Å². The van der Waals surface area contributed by atoms with Crippen molar-refractivity contribution < 1.29 is 23.0 Å². The molecule has 3 rings (SSSR count). The Labute approximate surface area is 161 Å². The Kier molecular flexibility index (Phi) is 5.89. The van der Waals surface area contributed by atoms with Crippen LogP contribution in [0.1, 0.15) is 15.9 Å². The van der Waals surface area contributed by atoms with Crippen molar-refractivity contribution in [3.63, 3.8) is 0 Å². The Balaban J connectivity index is 1.70. The van der Waals surface area contributed by atoms with Crippen LogP contribution in [-0.2, 0) is 6.54 Å². The number of benzene rings is 3. The van der Waals surface area contributed by atoms with Crippen LogP contribution in [0.5, 0.6) is 11.5 Å². The summed E-state index contributed by atoms with van der Waals surface area (Å²) in [7, 11) is 2.95. The normalized spacial score (nSPS) is 10.4. The van der Waals surface area contributed by atoms with Crippen molar-refractivity contribution in [3.05, 3.63) is 83.4 Å². The van der Waals surface area contributed by atoms with E-state index >= 15 is 0 Å². The summed E-state index contributed by atoms with van der Waals surface area (Å²) in [5.74, 6) is -0.906. The van der Waals surface area contributed by atoms with E-state index in [9.17, 15) is 13.6 Å². The average molecular weight is 383 g/mol. The van der Waals surface area contributed by atoms with Gasteiger partial charge in [-0.3, -0.25) is 4.79 Å². The summed E-state index contributed by atoms with van der Waals surface area (Å²) >= 11 is 0. The number of methoxy groups -OCH3 is 2. The van der Waals surface area contributed by atoms with Crippen LogP contribution in [0.3, 0.4) is 0 Å². The highest BCUT2D eigenvalue weighted by Crippen LogP contribution is 2.24. The van der Waals surface area contributed by atoms with E-state index in [1.54, 1.807) is 31.4 Å². The molecule has 3 aromatic rings. The van der Waals surface area contributed by atoms with Crippen LogP contribution < -0.4 is 14.8 Å². The smallest absolute Gasteiger partial charge is 0.254 e. The van der Waals surface area contributed by atoms with Gasteiger partial charge in [-0.05, 0) is 53.1 Å². The van der Waals surface area contributed by atoms with Crippen LogP contribution >= 0.6 is 0 Å². The fourth-order valence-corrected chi connectivity index (χ4v) is 2.76. The Hall–Kier alpha value is -3.41. The minimum Gasteiger partial charge on any atom is -0.497 e.